The van der Waals surface area contributed by atoms with Crippen LogP contribution in [0.1, 0.15) is 20.7 Å². The van der Waals surface area contributed by atoms with Crippen molar-refractivity contribution < 1.29 is 19.5 Å². The van der Waals surface area contributed by atoms with Crippen LogP contribution in [0.4, 0.5) is 5.69 Å². The highest BCUT2D eigenvalue weighted by Crippen LogP contribution is 2.15. The number of benzene rings is 2. The average molecular weight is 365 g/mol. The Balaban J connectivity index is 1.99. The predicted molar refractivity (Wildman–Crippen MR) is 82.8 cm³/mol. The van der Waals surface area contributed by atoms with E-state index in [9.17, 15) is 14.8 Å². The maximum Gasteiger partial charge on any atom is 0.338 e. The number of nitrogens with zero attached hydrogens (tertiary/aromatic N) is 1. The number of halogens is 1. The summed E-state index contributed by atoms with van der Waals surface area (Å²) in [6.45, 7) is -0.456. The van der Waals surface area contributed by atoms with Gasteiger partial charge in [-0.1, -0.05) is 28.1 Å². The number of esters is 1. The standard InChI is InChI=1S/C15H11BrNO5/c16-12-6-4-10(5-7-12)15(19)22-9-14(18)11-2-1-3-13(8-11)17(20)21/h1-8,20H,9H2/q-1. The highest BCUT2D eigenvalue weighted by Gasteiger charge is 2.12. The van der Waals surface area contributed by atoms with E-state index >= 15 is 0 Å². The second-order valence-electron chi connectivity index (χ2n) is 4.33. The van der Waals surface area contributed by atoms with Gasteiger partial charge in [-0.3, -0.25) is 10.0 Å². The van der Waals surface area contributed by atoms with Crippen LogP contribution in [0.3, 0.4) is 0 Å². The van der Waals surface area contributed by atoms with Crippen molar-refractivity contribution in [1.82, 2.24) is 0 Å². The minimum absolute atomic E-state index is 0.0786. The number of ether oxygens (including phenoxy) is 1. The molecule has 0 heterocycles. The van der Waals surface area contributed by atoms with E-state index in [1.807, 2.05) is 0 Å². The lowest BCUT2D eigenvalue weighted by Crippen LogP contribution is -2.15. The number of carbonyl (C=O) groups is 2. The smallest absolute Gasteiger partial charge is 0.338 e. The van der Waals surface area contributed by atoms with Crippen molar-refractivity contribution in [2.45, 2.75) is 0 Å². The topological polar surface area (TPSA) is 89.9 Å². The van der Waals surface area contributed by atoms with Gasteiger partial charge in [-0.05, 0) is 36.4 Å². The van der Waals surface area contributed by atoms with Gasteiger partial charge in [0.1, 0.15) is 0 Å². The first kappa shape index (κ1) is 16.2. The van der Waals surface area contributed by atoms with Crippen LogP contribution in [-0.4, -0.2) is 23.6 Å². The fourth-order valence-corrected chi connectivity index (χ4v) is 1.95. The molecule has 0 aromatic heterocycles. The molecule has 0 saturated heterocycles. The molecule has 2 aromatic rings. The quantitative estimate of drug-likeness (QED) is 0.497. The summed E-state index contributed by atoms with van der Waals surface area (Å²) in [7, 11) is 0. The first-order chi connectivity index (χ1) is 10.5. The van der Waals surface area contributed by atoms with Crippen LogP contribution < -0.4 is 5.23 Å². The molecule has 0 aliphatic carbocycles. The summed E-state index contributed by atoms with van der Waals surface area (Å²) in [5.41, 5.74) is 0.409. The minimum Gasteiger partial charge on any atom is -0.733 e. The Morgan fingerprint density at radius 1 is 1.14 bits per heavy atom. The second kappa shape index (κ2) is 7.17. The summed E-state index contributed by atoms with van der Waals surface area (Å²) in [6.07, 6.45) is 0. The van der Waals surface area contributed by atoms with Gasteiger partial charge in [-0.25, -0.2) is 4.79 Å². The molecule has 0 unspecified atom stereocenters. The van der Waals surface area contributed by atoms with E-state index < -0.39 is 18.4 Å². The Kier molecular flexibility index (Phi) is 5.26. The number of rotatable bonds is 5. The Bertz CT molecular complexity index is 685. The lowest BCUT2D eigenvalue weighted by molar-refractivity contribution is 0.0474. The maximum absolute atomic E-state index is 11.9. The van der Waals surface area contributed by atoms with Crippen molar-refractivity contribution >= 4 is 33.4 Å². The molecule has 1 N–H and O–H groups in total. The summed E-state index contributed by atoms with van der Waals surface area (Å²) in [4.78, 5) is 23.7. The molecule has 0 fully saturated rings. The molecule has 7 heteroatoms. The highest BCUT2D eigenvalue weighted by atomic mass is 79.9. The number of carbonyl (C=O) groups excluding carboxylic acids is 2. The van der Waals surface area contributed by atoms with Gasteiger partial charge < -0.3 is 15.2 Å². The molecule has 2 aromatic carbocycles. The van der Waals surface area contributed by atoms with Crippen molar-refractivity contribution in [3.05, 3.63) is 69.3 Å². The van der Waals surface area contributed by atoms with Crippen molar-refractivity contribution in [1.29, 1.82) is 0 Å². The zero-order chi connectivity index (χ0) is 16.1. The van der Waals surface area contributed by atoms with E-state index in [4.69, 9.17) is 9.94 Å². The van der Waals surface area contributed by atoms with Gasteiger partial charge >= 0.3 is 5.97 Å². The molecular weight excluding hydrogens is 354 g/mol. The molecule has 0 spiro atoms. The van der Waals surface area contributed by atoms with E-state index in [-0.39, 0.29) is 16.5 Å². The number of Topliss-reactive ketones (excluding diaryl/α,β-unsaturated/α-hetero) is 1. The molecule has 0 amide bonds. The van der Waals surface area contributed by atoms with Crippen LogP contribution in [-0.2, 0) is 4.74 Å². The Hall–Kier alpha value is -2.22. The van der Waals surface area contributed by atoms with Crippen molar-refractivity contribution in [2.75, 3.05) is 11.8 Å². The van der Waals surface area contributed by atoms with E-state index in [1.54, 1.807) is 24.3 Å². The van der Waals surface area contributed by atoms with Gasteiger partial charge in [-0.2, -0.15) is 0 Å². The van der Waals surface area contributed by atoms with Crippen LogP contribution in [0.15, 0.2) is 53.0 Å². The summed E-state index contributed by atoms with van der Waals surface area (Å²) in [5, 5.41) is 19.2. The molecule has 2 rings (SSSR count). The van der Waals surface area contributed by atoms with Crippen LogP contribution in [0.2, 0.25) is 0 Å². The molecule has 0 bridgehead atoms. The minimum atomic E-state index is -0.621. The third kappa shape index (κ3) is 4.14. The highest BCUT2D eigenvalue weighted by molar-refractivity contribution is 9.10. The van der Waals surface area contributed by atoms with Gasteiger partial charge in [0.25, 0.3) is 0 Å². The molecule has 0 aliphatic heterocycles. The third-order valence-electron chi connectivity index (χ3n) is 2.80. The van der Waals surface area contributed by atoms with Crippen molar-refractivity contribution in [3.63, 3.8) is 0 Å². The Labute approximate surface area is 134 Å². The Morgan fingerprint density at radius 3 is 2.45 bits per heavy atom. The monoisotopic (exact) mass is 364 g/mol. The van der Waals surface area contributed by atoms with Gasteiger partial charge in [0.05, 0.1) is 11.3 Å². The largest absolute Gasteiger partial charge is 0.733 e. The summed E-state index contributed by atoms with van der Waals surface area (Å²) < 4.78 is 5.75. The summed E-state index contributed by atoms with van der Waals surface area (Å²) >= 11 is 3.25. The van der Waals surface area contributed by atoms with E-state index in [2.05, 4.69) is 15.9 Å². The van der Waals surface area contributed by atoms with E-state index in [0.29, 0.717) is 5.56 Å². The number of anilines is 1. The van der Waals surface area contributed by atoms with E-state index in [0.717, 1.165) is 4.47 Å². The molecule has 114 valence electrons. The molecule has 0 aliphatic rings. The van der Waals surface area contributed by atoms with Gasteiger partial charge in [0.15, 0.2) is 12.4 Å². The summed E-state index contributed by atoms with van der Waals surface area (Å²) in [5.74, 6) is -1.10. The number of hydrogen-bond acceptors (Lipinski definition) is 6. The molecule has 0 saturated carbocycles. The van der Waals surface area contributed by atoms with Crippen LogP contribution >= 0.6 is 15.9 Å². The lowest BCUT2D eigenvalue weighted by atomic mass is 10.1. The summed E-state index contributed by atoms with van der Waals surface area (Å²) in [6, 6.07) is 12.0. The lowest BCUT2D eigenvalue weighted by Gasteiger charge is -2.21. The third-order valence-corrected chi connectivity index (χ3v) is 3.33. The Morgan fingerprint density at radius 2 is 1.82 bits per heavy atom. The normalized spacial score (nSPS) is 10.1. The molecule has 6 nitrogen and oxygen atoms in total. The second-order valence-corrected chi connectivity index (χ2v) is 5.25. The molecule has 0 atom stereocenters. The van der Waals surface area contributed by atoms with Crippen molar-refractivity contribution in [2.24, 2.45) is 0 Å². The first-order valence-corrected chi connectivity index (χ1v) is 6.99. The van der Waals surface area contributed by atoms with E-state index in [1.165, 1.54) is 24.3 Å². The first-order valence-electron chi connectivity index (χ1n) is 6.19. The zero-order valence-electron chi connectivity index (χ0n) is 11.2. The number of ketones is 1. The maximum atomic E-state index is 11.9. The molecule has 22 heavy (non-hydrogen) atoms. The fraction of sp³-hybridized carbons (Fsp3) is 0.0667. The fourth-order valence-electron chi connectivity index (χ4n) is 1.68. The molecular formula is C15H11BrNO5-. The number of hydrogen-bond donors (Lipinski definition) is 1. The van der Waals surface area contributed by atoms with Gasteiger partial charge in [-0.15, -0.1) is 0 Å². The average Bonchev–Trinajstić information content (AvgIpc) is 2.53. The van der Waals surface area contributed by atoms with Crippen LogP contribution in [0.25, 0.3) is 0 Å². The van der Waals surface area contributed by atoms with Crippen LogP contribution in [0, 0.1) is 5.21 Å². The SMILES string of the molecule is O=C(COC(=O)c1ccc(Br)cc1)c1cccc(N([O-])O)c1. The van der Waals surface area contributed by atoms with Gasteiger partial charge in [0, 0.05) is 10.0 Å². The van der Waals surface area contributed by atoms with Gasteiger partial charge in [0.2, 0.25) is 0 Å². The van der Waals surface area contributed by atoms with Crippen molar-refractivity contribution in [3.8, 4) is 0 Å². The predicted octanol–water partition coefficient (Wildman–Crippen LogP) is 3.18. The molecule has 0 radical (unpaired) electrons. The van der Waals surface area contributed by atoms with Crippen LogP contribution in [0.5, 0.6) is 0 Å². The zero-order valence-corrected chi connectivity index (χ0v) is 12.8.